The van der Waals surface area contributed by atoms with Crippen molar-refractivity contribution in [2.75, 3.05) is 36.2 Å². The van der Waals surface area contributed by atoms with Crippen molar-refractivity contribution in [3.05, 3.63) is 97.9 Å². The van der Waals surface area contributed by atoms with Crippen LogP contribution in [0.1, 0.15) is 390 Å². The Labute approximate surface area is 833 Å². The second kappa shape index (κ2) is 70.2. The quantitative estimate of drug-likeness (QED) is 0.0213. The molecule has 8 aromatic heterocycles. The van der Waals surface area contributed by atoms with Crippen LogP contribution in [-0.4, -0.2) is 73.0 Å². The van der Waals surface area contributed by atoms with Gasteiger partial charge in [0.2, 0.25) is 0 Å². The Kier molecular flexibility index (Phi) is 65.6. The standard InChI is InChI=1S/C25H40S3.2C24H37S3.C23H34Br2S3.C4H8O.6CH3.2Sn/c1-5-6-7-8-9-10-11-12-13-14-15-16-17-26-23-19-22(4)28-25(23)24-20(2)18-21(3)27-24;2*1-4-5-6-7-8-9-10-11-12-13-14-15-17-25-22-19-21(3)27-24(22)23-20(2)16-18-26-23;1-3-4-5-6-7-8-9-10-11-12-13-14-15-26-19-17-21(25)28-23(19)22-18(2)16-20(24)27-22;1-2-4-5-3-1;;;;;;;;/h18-19H,5-17H2,1-4H3;2*16,19H,4-15,17H2,1-3H3;16-17H,3-15H2,1-2H3;1-4H2;6*1H3;;. The van der Waals surface area contributed by atoms with Crippen molar-refractivity contribution in [2.45, 2.75) is 453 Å². The van der Waals surface area contributed by atoms with Gasteiger partial charge in [-0.25, -0.2) is 0 Å². The van der Waals surface area contributed by atoms with E-state index >= 15 is 0 Å². The summed E-state index contributed by atoms with van der Waals surface area (Å²) in [5, 5.41) is 0. The summed E-state index contributed by atoms with van der Waals surface area (Å²) in [6.07, 6.45) is 71.1. The fourth-order valence-corrected chi connectivity index (χ4v) is 42.6. The van der Waals surface area contributed by atoms with Gasteiger partial charge in [0, 0.05) is 42.5 Å². The molecular weight excluding hydrogens is 2070 g/mol. The molecule has 17 heteroatoms. The van der Waals surface area contributed by atoms with E-state index in [0.717, 1.165) is 13.2 Å². The number of aryl methyl sites for hydroxylation is 8. The monoisotopic (exact) mass is 2240 g/mol. The molecule has 0 aromatic carbocycles. The van der Waals surface area contributed by atoms with E-state index in [9.17, 15) is 0 Å². The van der Waals surface area contributed by atoms with E-state index in [4.69, 9.17) is 4.74 Å². The predicted octanol–water partition coefficient (Wildman–Crippen LogP) is 43.0. The van der Waals surface area contributed by atoms with Gasteiger partial charge in [0.15, 0.2) is 0 Å². The minimum Gasteiger partial charge on any atom is -0.139 e. The molecule has 0 bridgehead atoms. The molecule has 1 aliphatic rings. The second-order valence-electron chi connectivity index (χ2n) is 37.3. The molecule has 8 aromatic rings. The number of rotatable bonds is 62. The van der Waals surface area contributed by atoms with Crippen LogP contribution in [0.3, 0.4) is 0 Å². The zero-order valence-electron chi connectivity index (χ0n) is 81.3. The van der Waals surface area contributed by atoms with Crippen LogP contribution < -0.4 is 5.79 Å². The van der Waals surface area contributed by atoms with Crippen LogP contribution in [0.5, 0.6) is 0 Å². The average Bonchev–Trinajstić information content (AvgIpc) is 1.64. The number of thiophene rings is 8. The molecular formula is C106H174Br2OS12Sn2. The molecule has 0 amide bonds. The Balaban J connectivity index is 0.000000285. The Morgan fingerprint density at radius 3 is 0.675 bits per heavy atom. The minimum atomic E-state index is -1.98. The molecule has 123 heavy (non-hydrogen) atoms. The maximum absolute atomic E-state index is 4.94. The molecule has 1 fully saturated rings. The summed E-state index contributed by atoms with van der Waals surface area (Å²) in [5.74, 6) is 5.05. The van der Waals surface area contributed by atoms with Crippen LogP contribution in [0.15, 0.2) is 75.7 Å². The molecule has 1 nitrogen and oxygen atoms in total. The summed E-state index contributed by atoms with van der Waals surface area (Å²) in [6, 6.07) is 19.1. The molecule has 9 rings (SSSR count). The number of unbranched alkanes of at least 4 members (excludes halogenated alkanes) is 44. The van der Waals surface area contributed by atoms with E-state index in [1.54, 1.807) is 25.3 Å². The van der Waals surface area contributed by atoms with Crippen molar-refractivity contribution in [2.24, 2.45) is 0 Å². The number of halogens is 2. The molecule has 0 unspecified atom stereocenters. The summed E-state index contributed by atoms with van der Waals surface area (Å²) in [5.41, 5.74) is 5.82. The molecule has 0 N–H and O–H groups in total. The third-order valence-corrected chi connectivity index (χ3v) is 57.7. The number of hydrogen-bond donors (Lipinski definition) is 0. The van der Waals surface area contributed by atoms with Gasteiger partial charge >= 0.3 is 319 Å². The molecule has 698 valence electrons. The third-order valence-electron chi connectivity index (χ3n) is 23.0. The number of thioether (sulfide) groups is 4. The molecule has 0 saturated carbocycles. The van der Waals surface area contributed by atoms with Crippen LogP contribution in [-0.2, 0) is 4.74 Å². The first-order valence-electron chi connectivity index (χ1n) is 49.6. The van der Waals surface area contributed by atoms with Crippen molar-refractivity contribution in [1.82, 2.24) is 0 Å². The van der Waals surface area contributed by atoms with Crippen LogP contribution in [0.25, 0.3) is 39.0 Å². The van der Waals surface area contributed by atoms with Gasteiger partial charge in [0.05, 0.1) is 17.3 Å². The average molecular weight is 2250 g/mol. The molecule has 1 aliphatic heterocycles. The fourth-order valence-electron chi connectivity index (χ4n) is 15.6. The summed E-state index contributed by atoms with van der Waals surface area (Å²) in [4.78, 5) is 39.1. The first-order chi connectivity index (χ1) is 59.4. The van der Waals surface area contributed by atoms with Crippen molar-refractivity contribution >= 4 is 212 Å². The smallest absolute Gasteiger partial charge is 0.0583 e. The van der Waals surface area contributed by atoms with E-state index < -0.39 is 36.8 Å². The van der Waals surface area contributed by atoms with Crippen molar-refractivity contribution in [3.63, 3.8) is 0 Å². The predicted molar refractivity (Wildman–Crippen MR) is 597 cm³/mol. The number of hydrogen-bond acceptors (Lipinski definition) is 13. The molecule has 0 aliphatic carbocycles. The third kappa shape index (κ3) is 50.2. The van der Waals surface area contributed by atoms with E-state index in [2.05, 4.69) is 251 Å². The second-order valence-corrected chi connectivity index (χ2v) is 84.7. The zero-order valence-corrected chi connectivity index (χ0v) is 100.0. The number of ether oxygens (including phenoxy) is 1. The summed E-state index contributed by atoms with van der Waals surface area (Å²) < 4.78 is 10.8. The van der Waals surface area contributed by atoms with Crippen LogP contribution >= 0.6 is 170 Å². The fraction of sp³-hybridized carbons (Fsp3) is 0.698. The molecule has 0 atom stereocenters. The topological polar surface area (TPSA) is 9.23 Å². The van der Waals surface area contributed by atoms with Gasteiger partial charge in [-0.1, -0.05) is 259 Å². The first kappa shape index (κ1) is 115. The van der Waals surface area contributed by atoms with Crippen LogP contribution in [0, 0.1) is 55.4 Å². The SMILES string of the molecule is C1CCOC1.CCCCCCCCCCCCCCSc1cc(Br)sc1-c1sc(Br)cc1C.CCCCCCCCCCCCCCSc1cc(C)sc1-c1s[c]([Sn]([CH3])([CH3])[CH3])cc1C.CCCCCCCCCCCCCCSc1cc(C)sc1-c1s[c]([Sn]([CH3])([CH3])[CH3])cc1C.CCCCCCCCCCCCCCSc1cc(C)sc1-c1sc(C)cc1C. The molecule has 1 saturated heterocycles. The van der Waals surface area contributed by atoms with Crippen LogP contribution in [0.2, 0.25) is 29.6 Å². The summed E-state index contributed by atoms with van der Waals surface area (Å²) >= 11 is 27.5. The van der Waals surface area contributed by atoms with E-state index in [1.807, 2.05) is 79.8 Å². The largest absolute Gasteiger partial charge is 0.139 e. The zero-order chi connectivity index (χ0) is 89.3. The van der Waals surface area contributed by atoms with Crippen molar-refractivity contribution < 1.29 is 4.74 Å². The Hall–Kier alpha value is 1.52. The molecule has 0 radical (unpaired) electrons. The Bertz CT molecular complexity index is 3670. The summed E-state index contributed by atoms with van der Waals surface area (Å²) in [7, 11) is 0. The minimum absolute atomic E-state index is 1.00. The van der Waals surface area contributed by atoms with Gasteiger partial charge in [-0.05, 0) is 132 Å². The Morgan fingerprint density at radius 2 is 0.447 bits per heavy atom. The van der Waals surface area contributed by atoms with Gasteiger partial charge in [-0.3, -0.25) is 0 Å². The van der Waals surface area contributed by atoms with Gasteiger partial charge in [0.1, 0.15) is 0 Å². The van der Waals surface area contributed by atoms with Crippen molar-refractivity contribution in [1.29, 1.82) is 0 Å². The maximum atomic E-state index is 4.94. The first-order valence-corrected chi connectivity index (χ1v) is 81.7. The van der Waals surface area contributed by atoms with Gasteiger partial charge in [0.25, 0.3) is 0 Å². The summed E-state index contributed by atoms with van der Waals surface area (Å²) in [6.45, 7) is 29.3. The van der Waals surface area contributed by atoms with Crippen LogP contribution in [0.4, 0.5) is 0 Å². The van der Waals surface area contributed by atoms with E-state index in [-0.39, 0.29) is 0 Å². The Morgan fingerprint density at radius 1 is 0.244 bits per heavy atom. The maximum Gasteiger partial charge on any atom is 0.0583 e. The van der Waals surface area contributed by atoms with Gasteiger partial charge < -0.3 is 4.74 Å². The van der Waals surface area contributed by atoms with Gasteiger partial charge in [-0.2, -0.15) is 0 Å². The molecule has 9 heterocycles. The normalized spacial score (nSPS) is 12.3. The van der Waals surface area contributed by atoms with E-state index in [0.29, 0.717) is 0 Å². The van der Waals surface area contributed by atoms with E-state index in [1.165, 1.54) is 432 Å². The van der Waals surface area contributed by atoms with Crippen molar-refractivity contribution in [3.8, 4) is 39.0 Å². The molecule has 0 spiro atoms. The van der Waals surface area contributed by atoms with Gasteiger partial charge in [-0.15, -0.1) is 68.9 Å².